The van der Waals surface area contributed by atoms with Crippen molar-refractivity contribution in [3.8, 4) is 5.88 Å². The van der Waals surface area contributed by atoms with Crippen LogP contribution in [0.4, 0.5) is 15.9 Å². The van der Waals surface area contributed by atoms with Crippen LogP contribution >= 0.6 is 0 Å². The number of carbonyl (C=O) groups is 1. The molecule has 0 aliphatic carbocycles. The van der Waals surface area contributed by atoms with E-state index < -0.39 is 11.8 Å². The topological polar surface area (TPSA) is 84.3 Å². The molecule has 6 nitrogen and oxygen atoms in total. The average molecular weight is 291 g/mol. The van der Waals surface area contributed by atoms with Gasteiger partial charge in [0.25, 0.3) is 0 Å². The number of anilines is 2. The van der Waals surface area contributed by atoms with Gasteiger partial charge in [0.15, 0.2) is 0 Å². The Morgan fingerprint density at radius 1 is 1.43 bits per heavy atom. The van der Waals surface area contributed by atoms with E-state index in [9.17, 15) is 9.18 Å². The average Bonchev–Trinajstić information content (AvgIpc) is 2.43. The molecule has 0 bridgehead atoms. The minimum Gasteiger partial charge on any atom is -0.478 e. The molecule has 0 atom stereocenters. The highest BCUT2D eigenvalue weighted by molar-refractivity contribution is 5.88. The number of carboxylic acids is 1. The Labute approximate surface area is 120 Å². The summed E-state index contributed by atoms with van der Waals surface area (Å²) < 4.78 is 19.0. The number of hydrogen-bond donors (Lipinski definition) is 2. The van der Waals surface area contributed by atoms with Crippen LogP contribution in [0.5, 0.6) is 5.88 Å². The summed E-state index contributed by atoms with van der Waals surface area (Å²) in [6, 6.07) is 3.76. The molecular weight excluding hydrogens is 277 g/mol. The van der Waals surface area contributed by atoms with Crippen LogP contribution < -0.4 is 10.1 Å². The number of benzene rings is 1. The molecule has 1 heterocycles. The summed E-state index contributed by atoms with van der Waals surface area (Å²) in [7, 11) is 0. The number of carboxylic acid groups (broad SMARTS) is 1. The number of nitrogens with one attached hydrogen (secondary N) is 1. The monoisotopic (exact) mass is 291 g/mol. The van der Waals surface area contributed by atoms with Crippen LogP contribution in [0.3, 0.4) is 0 Å². The van der Waals surface area contributed by atoms with Crippen molar-refractivity contribution in [1.82, 2.24) is 9.97 Å². The lowest BCUT2D eigenvalue weighted by Gasteiger charge is -2.11. The van der Waals surface area contributed by atoms with Crippen LogP contribution in [0.2, 0.25) is 0 Å². The molecule has 110 valence electrons. The Kier molecular flexibility index (Phi) is 4.32. The molecule has 0 radical (unpaired) electrons. The molecule has 0 aliphatic rings. The predicted molar refractivity (Wildman–Crippen MR) is 74.6 cm³/mol. The van der Waals surface area contributed by atoms with Gasteiger partial charge in [0.2, 0.25) is 5.88 Å². The van der Waals surface area contributed by atoms with Crippen LogP contribution in [-0.4, -0.2) is 27.7 Å². The van der Waals surface area contributed by atoms with Crippen molar-refractivity contribution in [1.29, 1.82) is 0 Å². The van der Waals surface area contributed by atoms with Crippen LogP contribution in [0, 0.1) is 12.7 Å². The van der Waals surface area contributed by atoms with E-state index >= 15 is 0 Å². The molecule has 0 unspecified atom stereocenters. The van der Waals surface area contributed by atoms with Crippen molar-refractivity contribution < 1.29 is 19.0 Å². The lowest BCUT2D eigenvalue weighted by atomic mass is 10.2. The second kappa shape index (κ2) is 6.17. The lowest BCUT2D eigenvalue weighted by Crippen LogP contribution is -2.04. The molecule has 0 saturated carbocycles. The smallest absolute Gasteiger partial charge is 0.338 e. The molecular formula is C14H14FN3O3. The zero-order valence-electron chi connectivity index (χ0n) is 11.6. The maximum atomic E-state index is 13.6. The van der Waals surface area contributed by atoms with Gasteiger partial charge in [-0.25, -0.2) is 19.2 Å². The van der Waals surface area contributed by atoms with Gasteiger partial charge in [0.1, 0.15) is 18.0 Å². The third kappa shape index (κ3) is 3.25. The zero-order chi connectivity index (χ0) is 15.4. The van der Waals surface area contributed by atoms with Gasteiger partial charge in [-0.3, -0.25) is 0 Å². The number of nitrogens with zero attached hydrogens (tertiary/aromatic N) is 2. The first kappa shape index (κ1) is 14.7. The molecule has 2 N–H and O–H groups in total. The summed E-state index contributed by atoms with van der Waals surface area (Å²) in [5.41, 5.74) is 0.693. The largest absolute Gasteiger partial charge is 0.478 e. The molecule has 0 spiro atoms. The highest BCUT2D eigenvalue weighted by atomic mass is 19.1. The van der Waals surface area contributed by atoms with Crippen LogP contribution in [-0.2, 0) is 0 Å². The van der Waals surface area contributed by atoms with Crippen molar-refractivity contribution in [2.45, 2.75) is 13.8 Å². The summed E-state index contributed by atoms with van der Waals surface area (Å²) in [5, 5.41) is 11.7. The van der Waals surface area contributed by atoms with Gasteiger partial charge in [0, 0.05) is 5.69 Å². The van der Waals surface area contributed by atoms with Gasteiger partial charge in [-0.1, -0.05) is 0 Å². The molecule has 0 aliphatic heterocycles. The van der Waals surface area contributed by atoms with Crippen molar-refractivity contribution >= 4 is 17.5 Å². The first-order valence-corrected chi connectivity index (χ1v) is 6.27. The van der Waals surface area contributed by atoms with E-state index in [2.05, 4.69) is 15.3 Å². The Hall–Kier alpha value is -2.70. The standard InChI is InChI=1S/C14H14FN3O3/c1-3-21-13-8(2)12(16-7-17-13)18-9-4-5-10(14(19)20)11(15)6-9/h4-7H,3H2,1-2H3,(H,19,20)(H,16,17,18). The Morgan fingerprint density at radius 3 is 2.81 bits per heavy atom. The predicted octanol–water partition coefficient (Wildman–Crippen LogP) is 2.76. The Morgan fingerprint density at radius 2 is 2.19 bits per heavy atom. The Balaban J connectivity index is 2.28. The molecule has 0 amide bonds. The van der Waals surface area contributed by atoms with Crippen LogP contribution in [0.15, 0.2) is 24.5 Å². The van der Waals surface area contributed by atoms with Gasteiger partial charge in [-0.05, 0) is 32.0 Å². The van der Waals surface area contributed by atoms with Crippen LogP contribution in [0.1, 0.15) is 22.8 Å². The van der Waals surface area contributed by atoms with Crippen molar-refractivity contribution in [2.75, 3.05) is 11.9 Å². The maximum absolute atomic E-state index is 13.6. The van der Waals surface area contributed by atoms with E-state index in [0.717, 1.165) is 6.07 Å². The first-order chi connectivity index (χ1) is 10.0. The van der Waals surface area contributed by atoms with Gasteiger partial charge >= 0.3 is 5.97 Å². The number of halogens is 1. The molecule has 2 aromatic rings. The molecule has 7 heteroatoms. The van der Waals surface area contributed by atoms with Crippen molar-refractivity contribution in [3.63, 3.8) is 0 Å². The maximum Gasteiger partial charge on any atom is 0.338 e. The normalized spacial score (nSPS) is 10.2. The summed E-state index contributed by atoms with van der Waals surface area (Å²) >= 11 is 0. The third-order valence-electron chi connectivity index (χ3n) is 2.78. The lowest BCUT2D eigenvalue weighted by molar-refractivity contribution is 0.0692. The summed E-state index contributed by atoms with van der Waals surface area (Å²) in [5.74, 6) is -1.21. The highest BCUT2D eigenvalue weighted by Crippen LogP contribution is 2.24. The minimum atomic E-state index is -1.31. The second-order valence-corrected chi connectivity index (χ2v) is 4.21. The quantitative estimate of drug-likeness (QED) is 0.881. The number of hydrogen-bond acceptors (Lipinski definition) is 5. The van der Waals surface area contributed by atoms with Gasteiger partial charge in [-0.15, -0.1) is 0 Å². The van der Waals surface area contributed by atoms with Gasteiger partial charge in [-0.2, -0.15) is 0 Å². The van der Waals surface area contributed by atoms with Gasteiger partial charge in [0.05, 0.1) is 17.7 Å². The van der Waals surface area contributed by atoms with Crippen molar-refractivity contribution in [2.24, 2.45) is 0 Å². The number of ether oxygens (including phenoxy) is 1. The number of aromatic nitrogens is 2. The third-order valence-corrected chi connectivity index (χ3v) is 2.78. The summed E-state index contributed by atoms with van der Waals surface area (Å²) in [6.07, 6.45) is 1.34. The molecule has 2 rings (SSSR count). The fourth-order valence-electron chi connectivity index (χ4n) is 1.75. The van der Waals surface area contributed by atoms with E-state index in [4.69, 9.17) is 9.84 Å². The van der Waals surface area contributed by atoms with E-state index in [0.29, 0.717) is 29.6 Å². The molecule has 0 fully saturated rings. The Bertz CT molecular complexity index is 677. The first-order valence-electron chi connectivity index (χ1n) is 6.27. The van der Waals surface area contributed by atoms with E-state index in [1.54, 1.807) is 6.92 Å². The molecule has 1 aromatic heterocycles. The summed E-state index contributed by atoms with van der Waals surface area (Å²) in [6.45, 7) is 4.09. The molecule has 21 heavy (non-hydrogen) atoms. The molecule has 0 saturated heterocycles. The number of rotatable bonds is 5. The fourth-order valence-corrected chi connectivity index (χ4v) is 1.75. The summed E-state index contributed by atoms with van der Waals surface area (Å²) in [4.78, 5) is 18.8. The molecule has 1 aromatic carbocycles. The minimum absolute atomic E-state index is 0.380. The van der Waals surface area contributed by atoms with Gasteiger partial charge < -0.3 is 15.2 Å². The van der Waals surface area contributed by atoms with E-state index in [1.165, 1.54) is 18.5 Å². The highest BCUT2D eigenvalue weighted by Gasteiger charge is 2.12. The van der Waals surface area contributed by atoms with E-state index in [-0.39, 0.29) is 5.56 Å². The second-order valence-electron chi connectivity index (χ2n) is 4.21. The number of aromatic carboxylic acids is 1. The van der Waals surface area contributed by atoms with Crippen molar-refractivity contribution in [3.05, 3.63) is 41.5 Å². The SMILES string of the molecule is CCOc1ncnc(Nc2ccc(C(=O)O)c(F)c2)c1C. The fraction of sp³-hybridized carbons (Fsp3) is 0.214. The van der Waals surface area contributed by atoms with E-state index in [1.807, 2.05) is 6.92 Å². The zero-order valence-corrected chi connectivity index (χ0v) is 11.6. The van der Waals surface area contributed by atoms with Crippen LogP contribution in [0.25, 0.3) is 0 Å².